The van der Waals surface area contributed by atoms with Crippen LogP contribution in [0.5, 0.6) is 0 Å². The second-order valence-electron chi connectivity index (χ2n) is 0.692. The molecule has 0 amide bonds. The predicted octanol–water partition coefficient (Wildman–Crippen LogP) is -2.29. The molecule has 0 aliphatic carbocycles. The second-order valence-corrected chi connectivity index (χ2v) is 18.7. The van der Waals surface area contributed by atoms with Gasteiger partial charge in [0.05, 0.1) is 0 Å². The van der Waals surface area contributed by atoms with E-state index in [4.69, 9.17) is 22.2 Å². The van der Waals surface area contributed by atoms with Crippen LogP contribution >= 0.6 is 22.2 Å². The van der Waals surface area contributed by atoms with Crippen molar-refractivity contribution in [1.29, 1.82) is 0 Å². The quantitative estimate of drug-likeness (QED) is 0.355. The number of hydrogen-bond acceptors (Lipinski definition) is 0. The van der Waals surface area contributed by atoms with Crippen molar-refractivity contribution in [2.24, 2.45) is 0 Å². The monoisotopic (exact) mass is 236 g/mol. The Labute approximate surface area is 64.8 Å². The van der Waals surface area contributed by atoms with Crippen molar-refractivity contribution in [3.8, 4) is 0 Å². The van der Waals surface area contributed by atoms with Gasteiger partial charge >= 0.3 is 17.6 Å². The van der Waals surface area contributed by atoms with Gasteiger partial charge < -0.3 is 0 Å². The van der Waals surface area contributed by atoms with Gasteiger partial charge in [-0.25, -0.2) is 0 Å². The van der Waals surface area contributed by atoms with Crippen LogP contribution in [0.25, 0.3) is 0 Å². The number of halogens is 2. The summed E-state index contributed by atoms with van der Waals surface area (Å²) in [4.78, 5) is 0. The van der Waals surface area contributed by atoms with Gasteiger partial charge in [0.1, 0.15) is 0 Å². The van der Waals surface area contributed by atoms with Gasteiger partial charge in [-0.15, -0.1) is 0 Å². The van der Waals surface area contributed by atoms with Gasteiger partial charge in [-0.1, -0.05) is 0 Å². The molecule has 0 rings (SSSR count). The number of hydrogen-bond donors (Lipinski definition) is 0. The Morgan fingerprint density at radius 2 is 1.67 bits per heavy atom. The summed E-state index contributed by atoms with van der Waals surface area (Å²) in [7, 11) is 1.41. The first kappa shape index (κ1) is 10.7. The Morgan fingerprint density at radius 1 is 1.50 bits per heavy atom. The van der Waals surface area contributed by atoms with Gasteiger partial charge in [0, 0.05) is 8.55 Å². The fourth-order valence-electron chi connectivity index (χ4n) is 0. The van der Waals surface area contributed by atoms with Crippen LogP contribution in [0.3, 0.4) is 0 Å². The standard InChI is InChI=1S/Cl2H5Si3.GeH3/c1-5(2)4-3;/h4H2,3H3;1H3. The molecule has 0 saturated heterocycles. The van der Waals surface area contributed by atoms with Gasteiger partial charge in [0.15, 0.2) is 0 Å². The third-order valence-electron chi connectivity index (χ3n) is 0.267. The maximum absolute atomic E-state index is 5.43. The zero-order valence-electron chi connectivity index (χ0n) is 3.96. The molecule has 6 heteroatoms. The van der Waals surface area contributed by atoms with E-state index in [2.05, 4.69) is 0 Å². The topological polar surface area (TPSA) is 0 Å². The molecule has 0 saturated carbocycles. The Kier molecular flexibility index (Phi) is 12.1. The molecule has 0 N–H and O–H groups in total. The first-order valence-electron chi connectivity index (χ1n) is 1.44. The normalized spacial score (nSPS) is 10.5. The van der Waals surface area contributed by atoms with Crippen LogP contribution in [0.15, 0.2) is 0 Å². The van der Waals surface area contributed by atoms with E-state index < -0.39 is 6.93 Å². The maximum atomic E-state index is 5.43. The fraction of sp³-hybridized carbons (Fsp3) is 0. The van der Waals surface area contributed by atoms with Gasteiger partial charge in [0.2, 0.25) is 6.93 Å². The number of rotatable bonds is 1. The van der Waals surface area contributed by atoms with E-state index in [1.165, 1.54) is 9.76 Å². The summed E-state index contributed by atoms with van der Waals surface area (Å²) < 4.78 is 0. The first-order chi connectivity index (χ1) is 2.27. The minimum Gasteiger partial charge on any atom is -0.152 e. The van der Waals surface area contributed by atoms with E-state index in [9.17, 15) is 0 Å². The summed E-state index contributed by atoms with van der Waals surface area (Å²) in [6, 6.07) is 0. The molecule has 0 fully saturated rings. The van der Waals surface area contributed by atoms with Gasteiger partial charge in [0.25, 0.3) is 0 Å². The Morgan fingerprint density at radius 3 is 1.67 bits per heavy atom. The van der Waals surface area contributed by atoms with Crippen molar-refractivity contribution in [3.05, 3.63) is 0 Å². The molecule has 0 aliphatic rings. The van der Waals surface area contributed by atoms with E-state index in [1.54, 1.807) is 0 Å². The summed E-state index contributed by atoms with van der Waals surface area (Å²) in [6.45, 7) is -0.729. The van der Waals surface area contributed by atoms with Crippen LogP contribution in [0.2, 0.25) is 0 Å². The zero-order valence-corrected chi connectivity index (χ0v) is 14.1. The minimum atomic E-state index is -0.729. The average molecular weight is 236 g/mol. The summed E-state index contributed by atoms with van der Waals surface area (Å²) in [5.74, 6) is 0. The van der Waals surface area contributed by atoms with Crippen LogP contribution in [0.4, 0.5) is 0 Å². The smallest absolute Gasteiger partial charge is 0.152 e. The molecule has 6 heavy (non-hydrogen) atoms. The molecule has 0 spiro atoms. The molecule has 2 radical (unpaired) electrons. The van der Waals surface area contributed by atoms with E-state index in [1.807, 2.05) is 0 Å². The minimum absolute atomic E-state index is 0. The van der Waals surface area contributed by atoms with Crippen LogP contribution in [0.1, 0.15) is 0 Å². The maximum Gasteiger partial charge on any atom is 0.247 e. The van der Waals surface area contributed by atoms with Crippen molar-refractivity contribution in [1.82, 2.24) is 0 Å². The molecule has 0 heterocycles. The summed E-state index contributed by atoms with van der Waals surface area (Å²) in [5, 5.41) is 0. The molecule has 0 atom stereocenters. The Bertz CT molecular complexity index is 22.8. The SMILES string of the molecule is [GeH3].[SiH3][SiH2][Si](Cl)Cl. The summed E-state index contributed by atoms with van der Waals surface area (Å²) in [5.41, 5.74) is 0. The van der Waals surface area contributed by atoms with Crippen molar-refractivity contribution in [2.75, 3.05) is 0 Å². The van der Waals surface area contributed by atoms with E-state index in [0.29, 0.717) is 0 Å². The van der Waals surface area contributed by atoms with Crippen LogP contribution < -0.4 is 0 Å². The van der Waals surface area contributed by atoms with E-state index in [0.717, 1.165) is 0 Å². The zero-order chi connectivity index (χ0) is 4.28. The predicted molar refractivity (Wildman–Crippen MR) is 45.9 cm³/mol. The molecule has 0 aromatic heterocycles. The Hall–Kier alpha value is 1.77. The molecule has 0 unspecified atom stereocenters. The fourth-order valence-corrected chi connectivity index (χ4v) is 0. The molecule has 38 valence electrons. The van der Waals surface area contributed by atoms with Gasteiger partial charge in [-0.2, -0.15) is 22.2 Å². The van der Waals surface area contributed by atoms with E-state index >= 15 is 0 Å². The summed E-state index contributed by atoms with van der Waals surface area (Å²) in [6.07, 6.45) is 0. The van der Waals surface area contributed by atoms with Gasteiger partial charge in [-0.05, 0) is 9.76 Å². The summed E-state index contributed by atoms with van der Waals surface area (Å²) >= 11 is 10.9. The molecule has 0 aliphatic heterocycles. The molecule has 0 nitrogen and oxygen atoms in total. The van der Waals surface area contributed by atoms with Crippen molar-refractivity contribution in [3.63, 3.8) is 0 Å². The molecule has 0 bridgehead atoms. The Balaban J connectivity index is 0. The van der Waals surface area contributed by atoms with Crippen LogP contribution in [-0.4, -0.2) is 42.8 Å². The average Bonchev–Trinajstić information content (AvgIpc) is 1.38. The van der Waals surface area contributed by atoms with Crippen molar-refractivity contribution in [2.45, 2.75) is 0 Å². The van der Waals surface area contributed by atoms with Crippen LogP contribution in [0, 0.1) is 0 Å². The van der Waals surface area contributed by atoms with Gasteiger partial charge in [-0.3, -0.25) is 0 Å². The molecule has 0 aromatic carbocycles. The van der Waals surface area contributed by atoms with Crippen molar-refractivity contribution < 1.29 is 0 Å². The molecular weight excluding hydrogens is 228 g/mol. The second kappa shape index (κ2) is 6.77. The first-order valence-corrected chi connectivity index (χ1v) is 12.9. The van der Waals surface area contributed by atoms with Crippen molar-refractivity contribution >= 4 is 65.0 Å². The third kappa shape index (κ3) is 9.24. The van der Waals surface area contributed by atoms with E-state index in [-0.39, 0.29) is 26.2 Å². The van der Waals surface area contributed by atoms with Crippen LogP contribution in [-0.2, 0) is 0 Å². The molecular formula is H8Cl2GeSi3. The molecule has 0 aromatic rings. The largest absolute Gasteiger partial charge is 0.247 e. The third-order valence-corrected chi connectivity index (χ3v) is 21.6.